The Bertz CT molecular complexity index is 751. The van der Waals surface area contributed by atoms with Gasteiger partial charge in [0.05, 0.1) is 11.4 Å². The molecule has 122 valence electrons. The summed E-state index contributed by atoms with van der Waals surface area (Å²) in [5.41, 5.74) is 0.702. The molecule has 0 aliphatic carbocycles. The molecule has 0 bridgehead atoms. The van der Waals surface area contributed by atoms with Crippen LogP contribution in [0.2, 0.25) is 5.02 Å². The number of esters is 1. The van der Waals surface area contributed by atoms with Gasteiger partial charge in [0.15, 0.2) is 6.61 Å². The van der Waals surface area contributed by atoms with Crippen LogP contribution in [0.4, 0.5) is 15.1 Å². The van der Waals surface area contributed by atoms with Crippen LogP contribution >= 0.6 is 23.1 Å². The number of carbonyl (C=O) groups excluding carboxylic acids is 2. The van der Waals surface area contributed by atoms with Crippen LogP contribution in [-0.4, -0.2) is 29.9 Å². The molecule has 9 heteroatoms. The molecular formula is C14H13ClFN3O3S. The van der Waals surface area contributed by atoms with Crippen LogP contribution in [0.15, 0.2) is 18.2 Å². The Balaban J connectivity index is 1.97. The van der Waals surface area contributed by atoms with Gasteiger partial charge in [-0.05, 0) is 36.7 Å². The Morgan fingerprint density at radius 2 is 2.17 bits per heavy atom. The molecule has 2 aromatic rings. The molecule has 1 amide bonds. The second-order valence-electron chi connectivity index (χ2n) is 4.47. The van der Waals surface area contributed by atoms with E-state index in [-0.39, 0.29) is 16.3 Å². The largest absolute Gasteiger partial charge is 0.452 e. The normalized spacial score (nSPS) is 10.3. The smallest absolute Gasteiger partial charge is 0.343 e. The van der Waals surface area contributed by atoms with Crippen molar-refractivity contribution in [2.75, 3.05) is 24.3 Å². The molecule has 0 saturated heterocycles. The van der Waals surface area contributed by atoms with Crippen LogP contribution in [0.25, 0.3) is 0 Å². The number of anilines is 2. The number of nitrogens with one attached hydrogen (secondary N) is 2. The predicted octanol–water partition coefficient (Wildman–Crippen LogP) is 3.08. The fourth-order valence-electron chi connectivity index (χ4n) is 1.76. The molecule has 1 aromatic carbocycles. The fourth-order valence-corrected chi connectivity index (χ4v) is 2.67. The van der Waals surface area contributed by atoms with Crippen LogP contribution in [0.3, 0.4) is 0 Å². The monoisotopic (exact) mass is 357 g/mol. The average Bonchev–Trinajstić information content (AvgIpc) is 2.89. The Labute approximate surface area is 140 Å². The van der Waals surface area contributed by atoms with Gasteiger partial charge in [0.25, 0.3) is 5.91 Å². The van der Waals surface area contributed by atoms with Crippen LogP contribution in [-0.2, 0) is 9.53 Å². The first-order valence-corrected chi connectivity index (χ1v) is 7.63. The van der Waals surface area contributed by atoms with Gasteiger partial charge in [-0.25, -0.2) is 9.18 Å². The molecule has 0 saturated carbocycles. The van der Waals surface area contributed by atoms with Gasteiger partial charge < -0.3 is 15.4 Å². The van der Waals surface area contributed by atoms with Crippen LogP contribution in [0.1, 0.15) is 16.1 Å². The van der Waals surface area contributed by atoms with E-state index in [1.807, 2.05) is 0 Å². The lowest BCUT2D eigenvalue weighted by Crippen LogP contribution is -2.22. The summed E-state index contributed by atoms with van der Waals surface area (Å²) in [6.07, 6.45) is 0. The van der Waals surface area contributed by atoms with Crippen molar-refractivity contribution in [3.8, 4) is 0 Å². The molecule has 0 unspecified atom stereocenters. The van der Waals surface area contributed by atoms with Crippen molar-refractivity contribution in [1.29, 1.82) is 0 Å². The third kappa shape index (κ3) is 4.17. The Morgan fingerprint density at radius 1 is 1.43 bits per heavy atom. The standard InChI is InChI=1S/C14H13ClFN3O3S/c1-7-12(13(17-2)23-19-7)14(21)22-6-11(20)18-10-5-8(15)3-4-9(10)16/h3-5,17H,6H2,1-2H3,(H,18,20). The molecule has 23 heavy (non-hydrogen) atoms. The zero-order chi connectivity index (χ0) is 17.0. The highest BCUT2D eigenvalue weighted by Gasteiger charge is 2.20. The second kappa shape index (κ2) is 7.38. The second-order valence-corrected chi connectivity index (χ2v) is 5.68. The SMILES string of the molecule is CNc1snc(C)c1C(=O)OCC(=O)Nc1cc(Cl)ccc1F. The van der Waals surface area contributed by atoms with Crippen molar-refractivity contribution in [3.05, 3.63) is 40.3 Å². The predicted molar refractivity (Wildman–Crippen MR) is 86.7 cm³/mol. The topological polar surface area (TPSA) is 80.3 Å². The fraction of sp³-hybridized carbons (Fsp3) is 0.214. The first-order chi connectivity index (χ1) is 10.9. The minimum absolute atomic E-state index is 0.0807. The summed E-state index contributed by atoms with van der Waals surface area (Å²) in [4.78, 5) is 23.8. The lowest BCUT2D eigenvalue weighted by atomic mass is 10.2. The molecule has 0 aliphatic heterocycles. The van der Waals surface area contributed by atoms with Gasteiger partial charge in [-0.1, -0.05) is 11.6 Å². The molecule has 0 aliphatic rings. The number of rotatable bonds is 5. The number of amides is 1. The average molecular weight is 358 g/mol. The number of benzene rings is 1. The van der Waals surface area contributed by atoms with Gasteiger partial charge in [-0.15, -0.1) is 0 Å². The van der Waals surface area contributed by atoms with Gasteiger partial charge >= 0.3 is 5.97 Å². The summed E-state index contributed by atoms with van der Waals surface area (Å²) in [5, 5.41) is 5.94. The molecule has 2 rings (SSSR count). The van der Waals surface area contributed by atoms with Crippen molar-refractivity contribution in [2.45, 2.75) is 6.92 Å². The van der Waals surface area contributed by atoms with E-state index < -0.39 is 24.3 Å². The number of halogens is 2. The molecule has 1 aromatic heterocycles. The highest BCUT2D eigenvalue weighted by Crippen LogP contribution is 2.24. The minimum Gasteiger partial charge on any atom is -0.452 e. The molecule has 0 fully saturated rings. The summed E-state index contributed by atoms with van der Waals surface area (Å²) in [5.74, 6) is -1.99. The van der Waals surface area contributed by atoms with Gasteiger partial charge in [-0.3, -0.25) is 4.79 Å². The third-order valence-corrected chi connectivity index (χ3v) is 4.02. The van der Waals surface area contributed by atoms with E-state index in [2.05, 4.69) is 15.0 Å². The van der Waals surface area contributed by atoms with Crippen LogP contribution < -0.4 is 10.6 Å². The lowest BCUT2D eigenvalue weighted by molar-refractivity contribution is -0.119. The first-order valence-electron chi connectivity index (χ1n) is 6.48. The highest BCUT2D eigenvalue weighted by molar-refractivity contribution is 7.10. The quantitative estimate of drug-likeness (QED) is 0.804. The van der Waals surface area contributed by atoms with E-state index in [9.17, 15) is 14.0 Å². The number of aryl methyl sites for hydroxylation is 1. The van der Waals surface area contributed by atoms with Crippen molar-refractivity contribution in [3.63, 3.8) is 0 Å². The zero-order valence-electron chi connectivity index (χ0n) is 12.3. The molecule has 2 N–H and O–H groups in total. The summed E-state index contributed by atoms with van der Waals surface area (Å²) >= 11 is 6.85. The highest BCUT2D eigenvalue weighted by atomic mass is 35.5. The van der Waals surface area contributed by atoms with E-state index in [0.717, 1.165) is 17.6 Å². The molecule has 6 nitrogen and oxygen atoms in total. The number of ether oxygens (including phenoxy) is 1. The maximum atomic E-state index is 13.5. The van der Waals surface area contributed by atoms with Crippen LogP contribution in [0.5, 0.6) is 0 Å². The Kier molecular flexibility index (Phi) is 5.51. The first kappa shape index (κ1) is 17.2. The van der Waals surface area contributed by atoms with Gasteiger partial charge in [0.1, 0.15) is 16.4 Å². The Morgan fingerprint density at radius 3 is 2.87 bits per heavy atom. The zero-order valence-corrected chi connectivity index (χ0v) is 13.8. The molecular weight excluding hydrogens is 345 g/mol. The van der Waals surface area contributed by atoms with Crippen molar-refractivity contribution in [2.24, 2.45) is 0 Å². The number of aromatic nitrogens is 1. The van der Waals surface area contributed by atoms with Crippen LogP contribution in [0, 0.1) is 12.7 Å². The van der Waals surface area contributed by atoms with E-state index in [4.69, 9.17) is 16.3 Å². The number of hydrogen-bond donors (Lipinski definition) is 2. The minimum atomic E-state index is -0.678. The molecule has 0 radical (unpaired) electrons. The van der Waals surface area contributed by atoms with E-state index in [0.29, 0.717) is 10.7 Å². The third-order valence-electron chi connectivity index (χ3n) is 2.83. The molecule has 1 heterocycles. The summed E-state index contributed by atoms with van der Waals surface area (Å²) in [6.45, 7) is 1.11. The van der Waals surface area contributed by atoms with E-state index >= 15 is 0 Å². The van der Waals surface area contributed by atoms with Crippen molar-refractivity contribution in [1.82, 2.24) is 4.37 Å². The van der Waals surface area contributed by atoms with Crippen molar-refractivity contribution < 1.29 is 18.7 Å². The van der Waals surface area contributed by atoms with E-state index in [1.165, 1.54) is 12.1 Å². The summed E-state index contributed by atoms with van der Waals surface area (Å²) in [7, 11) is 1.65. The summed E-state index contributed by atoms with van der Waals surface area (Å²) < 4.78 is 22.5. The maximum Gasteiger partial charge on any atom is 0.343 e. The summed E-state index contributed by atoms with van der Waals surface area (Å²) in [6, 6.07) is 3.75. The Hall–Kier alpha value is -2.19. The molecule has 0 spiro atoms. The maximum absolute atomic E-state index is 13.5. The van der Waals surface area contributed by atoms with E-state index in [1.54, 1.807) is 14.0 Å². The van der Waals surface area contributed by atoms with Gasteiger partial charge in [-0.2, -0.15) is 4.37 Å². The number of hydrogen-bond acceptors (Lipinski definition) is 6. The number of nitrogens with zero attached hydrogens (tertiary/aromatic N) is 1. The van der Waals surface area contributed by atoms with Gasteiger partial charge in [0, 0.05) is 12.1 Å². The molecule has 0 atom stereocenters. The number of carbonyl (C=O) groups is 2. The van der Waals surface area contributed by atoms with Crippen molar-refractivity contribution >= 4 is 45.7 Å². The van der Waals surface area contributed by atoms with Gasteiger partial charge in [0.2, 0.25) is 0 Å². The lowest BCUT2D eigenvalue weighted by Gasteiger charge is -2.08.